The van der Waals surface area contributed by atoms with E-state index in [2.05, 4.69) is 9.97 Å². The molecular weight excluding hydrogens is 368 g/mol. The molecule has 1 aromatic heterocycles. The highest BCUT2D eigenvalue weighted by Crippen LogP contribution is 2.16. The summed E-state index contributed by atoms with van der Waals surface area (Å²) in [4.78, 5) is 49.8. The summed E-state index contributed by atoms with van der Waals surface area (Å²) in [5, 5.41) is 0. The molecule has 146 valence electrons. The summed E-state index contributed by atoms with van der Waals surface area (Å²) in [5.41, 5.74) is 1.88. The molecule has 2 amide bonds. The Morgan fingerprint density at radius 2 is 1.62 bits per heavy atom. The molecule has 1 saturated heterocycles. The van der Waals surface area contributed by atoms with Crippen molar-refractivity contribution in [3.8, 4) is 0 Å². The van der Waals surface area contributed by atoms with Crippen LogP contribution in [0.5, 0.6) is 0 Å². The molecule has 7 heteroatoms. The summed E-state index contributed by atoms with van der Waals surface area (Å²) >= 11 is 0. The van der Waals surface area contributed by atoms with Gasteiger partial charge in [0.1, 0.15) is 5.69 Å². The van der Waals surface area contributed by atoms with Crippen LogP contribution in [0.4, 0.5) is 0 Å². The second-order valence-electron chi connectivity index (χ2n) is 7.04. The van der Waals surface area contributed by atoms with Crippen LogP contribution in [0.2, 0.25) is 0 Å². The first-order valence-electron chi connectivity index (χ1n) is 9.46. The molecule has 3 aromatic rings. The van der Waals surface area contributed by atoms with Crippen molar-refractivity contribution in [3.05, 3.63) is 72.1 Å². The zero-order chi connectivity index (χ0) is 20.4. The minimum atomic E-state index is -0.682. The zero-order valence-electron chi connectivity index (χ0n) is 16.0. The molecule has 0 radical (unpaired) electrons. The minimum Gasteiger partial charge on any atom is -0.335 e. The van der Waals surface area contributed by atoms with Gasteiger partial charge in [0.2, 0.25) is 0 Å². The summed E-state index contributed by atoms with van der Waals surface area (Å²) in [7, 11) is 0. The van der Waals surface area contributed by atoms with E-state index in [9.17, 15) is 14.4 Å². The molecule has 2 heterocycles. The van der Waals surface area contributed by atoms with Gasteiger partial charge >= 0.3 is 0 Å². The van der Waals surface area contributed by atoms with E-state index < -0.39 is 11.7 Å². The Balaban J connectivity index is 1.46. The molecule has 2 aromatic carbocycles. The van der Waals surface area contributed by atoms with Gasteiger partial charge in [0.05, 0.1) is 17.2 Å². The fourth-order valence-electron chi connectivity index (χ4n) is 3.51. The molecular formula is C22H20N4O3. The Hall–Kier alpha value is -3.61. The largest absolute Gasteiger partial charge is 0.335 e. The van der Waals surface area contributed by atoms with Crippen LogP contribution in [0.3, 0.4) is 0 Å². The van der Waals surface area contributed by atoms with E-state index in [1.54, 1.807) is 35.2 Å². The van der Waals surface area contributed by atoms with E-state index in [0.717, 1.165) is 0 Å². The van der Waals surface area contributed by atoms with Gasteiger partial charge in [0.25, 0.3) is 17.6 Å². The number of aromatic nitrogens is 2. The van der Waals surface area contributed by atoms with Crippen LogP contribution >= 0.6 is 0 Å². The number of carbonyl (C=O) groups excluding carboxylic acids is 3. The standard InChI is InChI=1S/C22H20N4O3/c1-15-14-25(21(28)16-7-3-2-4-8-16)11-12-26(15)22(29)20(27)19-13-23-17-9-5-6-10-18(17)24-19/h2-10,13,15H,11-12,14H2,1H3/t15-/m0/s1. The number of ketones is 1. The molecule has 0 aliphatic carbocycles. The third-order valence-corrected chi connectivity index (χ3v) is 5.07. The quantitative estimate of drug-likeness (QED) is 0.507. The lowest BCUT2D eigenvalue weighted by Gasteiger charge is -2.39. The van der Waals surface area contributed by atoms with Gasteiger partial charge in [-0.3, -0.25) is 19.4 Å². The number of nitrogens with zero attached hydrogens (tertiary/aromatic N) is 4. The fourth-order valence-corrected chi connectivity index (χ4v) is 3.51. The Morgan fingerprint density at radius 1 is 0.931 bits per heavy atom. The second-order valence-corrected chi connectivity index (χ2v) is 7.04. The highest BCUT2D eigenvalue weighted by atomic mass is 16.2. The van der Waals surface area contributed by atoms with Gasteiger partial charge in [-0.15, -0.1) is 0 Å². The van der Waals surface area contributed by atoms with Gasteiger partial charge < -0.3 is 9.80 Å². The van der Waals surface area contributed by atoms with Crippen LogP contribution in [-0.2, 0) is 4.79 Å². The topological polar surface area (TPSA) is 83.5 Å². The van der Waals surface area contributed by atoms with Crippen molar-refractivity contribution >= 4 is 28.6 Å². The van der Waals surface area contributed by atoms with Gasteiger partial charge in [-0.05, 0) is 31.2 Å². The second kappa shape index (κ2) is 7.79. The summed E-state index contributed by atoms with van der Waals surface area (Å²) < 4.78 is 0. The maximum Gasteiger partial charge on any atom is 0.297 e. The summed E-state index contributed by atoms with van der Waals surface area (Å²) in [5.74, 6) is -1.37. The number of carbonyl (C=O) groups is 3. The number of rotatable bonds is 3. The molecule has 1 aliphatic heterocycles. The summed E-state index contributed by atoms with van der Waals surface area (Å²) in [6.07, 6.45) is 1.34. The highest BCUT2D eigenvalue weighted by molar-refractivity contribution is 6.42. The van der Waals surface area contributed by atoms with Crippen LogP contribution < -0.4 is 0 Å². The maximum absolute atomic E-state index is 12.8. The van der Waals surface area contributed by atoms with Gasteiger partial charge in [0.15, 0.2) is 0 Å². The third-order valence-electron chi connectivity index (χ3n) is 5.07. The maximum atomic E-state index is 12.8. The molecule has 1 fully saturated rings. The van der Waals surface area contributed by atoms with E-state index in [1.807, 2.05) is 31.2 Å². The molecule has 4 rings (SSSR count). The number of benzene rings is 2. The number of Topliss-reactive ketones (excluding diaryl/α,β-unsaturated/α-hetero) is 1. The number of para-hydroxylation sites is 2. The molecule has 0 unspecified atom stereocenters. The molecule has 0 bridgehead atoms. The van der Waals surface area contributed by atoms with Crippen LogP contribution in [0.1, 0.15) is 27.8 Å². The SMILES string of the molecule is C[C@H]1CN(C(=O)c2ccccc2)CCN1C(=O)C(=O)c1cnc2ccccc2n1. The van der Waals surface area contributed by atoms with E-state index in [4.69, 9.17) is 0 Å². The summed E-state index contributed by atoms with van der Waals surface area (Å²) in [6.45, 7) is 2.88. The van der Waals surface area contributed by atoms with Crippen molar-refractivity contribution in [3.63, 3.8) is 0 Å². The average Bonchev–Trinajstić information content (AvgIpc) is 2.77. The lowest BCUT2D eigenvalue weighted by Crippen LogP contribution is -2.56. The molecule has 1 atom stereocenters. The first-order valence-corrected chi connectivity index (χ1v) is 9.46. The third kappa shape index (κ3) is 3.71. The number of hydrogen-bond donors (Lipinski definition) is 0. The van der Waals surface area contributed by atoms with E-state index in [1.165, 1.54) is 11.1 Å². The normalized spacial score (nSPS) is 16.7. The van der Waals surface area contributed by atoms with Crippen molar-refractivity contribution in [2.24, 2.45) is 0 Å². The molecule has 0 spiro atoms. The smallest absolute Gasteiger partial charge is 0.297 e. The van der Waals surface area contributed by atoms with Crippen molar-refractivity contribution in [2.45, 2.75) is 13.0 Å². The van der Waals surface area contributed by atoms with E-state index >= 15 is 0 Å². The first kappa shape index (κ1) is 18.7. The molecule has 0 saturated carbocycles. The first-order chi connectivity index (χ1) is 14.0. The molecule has 29 heavy (non-hydrogen) atoms. The van der Waals surface area contributed by atoms with Crippen LogP contribution in [0.25, 0.3) is 11.0 Å². The number of piperazine rings is 1. The molecule has 1 aliphatic rings. The monoisotopic (exact) mass is 388 g/mol. The lowest BCUT2D eigenvalue weighted by atomic mass is 10.1. The van der Waals surface area contributed by atoms with E-state index in [-0.39, 0.29) is 17.6 Å². The summed E-state index contributed by atoms with van der Waals surface area (Å²) in [6, 6.07) is 15.9. The van der Waals surface area contributed by atoms with Gasteiger partial charge in [0, 0.05) is 31.2 Å². The highest BCUT2D eigenvalue weighted by Gasteiger charge is 2.34. The predicted octanol–water partition coefficient (Wildman–Crippen LogP) is 2.19. The Morgan fingerprint density at radius 3 is 2.34 bits per heavy atom. The molecule has 0 N–H and O–H groups in total. The Bertz CT molecular complexity index is 1080. The van der Waals surface area contributed by atoms with Gasteiger partial charge in [-0.2, -0.15) is 0 Å². The van der Waals surface area contributed by atoms with Crippen LogP contribution in [0, 0.1) is 0 Å². The van der Waals surface area contributed by atoms with E-state index in [0.29, 0.717) is 36.2 Å². The lowest BCUT2D eigenvalue weighted by molar-refractivity contribution is -0.130. The van der Waals surface area contributed by atoms with Crippen molar-refractivity contribution in [1.29, 1.82) is 0 Å². The number of amides is 2. The Kier molecular flexibility index (Phi) is 5.03. The van der Waals surface area contributed by atoms with Crippen molar-refractivity contribution in [1.82, 2.24) is 19.8 Å². The van der Waals surface area contributed by atoms with Crippen molar-refractivity contribution < 1.29 is 14.4 Å². The minimum absolute atomic E-state index is 0.0312. The average molecular weight is 388 g/mol. The van der Waals surface area contributed by atoms with Gasteiger partial charge in [-0.25, -0.2) is 4.98 Å². The Labute approximate surface area is 168 Å². The number of fused-ring (bicyclic) bond motifs is 1. The van der Waals surface area contributed by atoms with Crippen molar-refractivity contribution in [2.75, 3.05) is 19.6 Å². The zero-order valence-corrected chi connectivity index (χ0v) is 16.0. The molecule has 7 nitrogen and oxygen atoms in total. The fraction of sp³-hybridized carbons (Fsp3) is 0.227. The predicted molar refractivity (Wildman–Crippen MR) is 107 cm³/mol. The van der Waals surface area contributed by atoms with Crippen LogP contribution in [0.15, 0.2) is 60.8 Å². The van der Waals surface area contributed by atoms with Crippen LogP contribution in [-0.4, -0.2) is 63.0 Å². The number of hydrogen-bond acceptors (Lipinski definition) is 5. The van der Waals surface area contributed by atoms with Gasteiger partial charge in [-0.1, -0.05) is 30.3 Å².